The van der Waals surface area contributed by atoms with Crippen LogP contribution in [0.5, 0.6) is 5.75 Å². The highest BCUT2D eigenvalue weighted by Gasteiger charge is 2.12. The molecule has 5 nitrogen and oxygen atoms in total. The third kappa shape index (κ3) is 4.20. The van der Waals surface area contributed by atoms with Crippen LogP contribution in [0.25, 0.3) is 0 Å². The van der Waals surface area contributed by atoms with Crippen LogP contribution in [0.1, 0.15) is 29.1 Å². The van der Waals surface area contributed by atoms with Gasteiger partial charge in [0.25, 0.3) is 5.91 Å². The summed E-state index contributed by atoms with van der Waals surface area (Å²) in [7, 11) is 0. The molecule has 8 heteroatoms. The van der Waals surface area contributed by atoms with Gasteiger partial charge in [-0.15, -0.1) is 11.3 Å². The van der Waals surface area contributed by atoms with Crippen LogP contribution in [0.15, 0.2) is 29.6 Å². The number of amides is 1. The van der Waals surface area contributed by atoms with Gasteiger partial charge in [-0.2, -0.15) is 8.78 Å². The van der Waals surface area contributed by atoms with Crippen molar-refractivity contribution in [1.82, 2.24) is 4.98 Å². The van der Waals surface area contributed by atoms with Gasteiger partial charge in [-0.25, -0.2) is 4.98 Å². The van der Waals surface area contributed by atoms with Gasteiger partial charge in [-0.1, -0.05) is 6.07 Å². The van der Waals surface area contributed by atoms with Crippen molar-refractivity contribution in [3.05, 3.63) is 40.9 Å². The number of benzene rings is 1. The van der Waals surface area contributed by atoms with Gasteiger partial charge in [0.15, 0.2) is 5.13 Å². The number of alkyl halides is 2. The van der Waals surface area contributed by atoms with E-state index in [1.54, 1.807) is 12.3 Å². The Morgan fingerprint density at radius 1 is 1.48 bits per heavy atom. The number of carbonyl (C=O) groups excluding carboxylic acids is 1. The minimum Gasteiger partial charge on any atom is -0.435 e. The molecule has 0 aliphatic carbocycles. The van der Waals surface area contributed by atoms with Crippen LogP contribution in [0.2, 0.25) is 0 Å². The summed E-state index contributed by atoms with van der Waals surface area (Å²) in [4.78, 5) is 16.0. The Kier molecular flexibility index (Phi) is 4.81. The van der Waals surface area contributed by atoms with Crippen LogP contribution >= 0.6 is 11.3 Å². The highest BCUT2D eigenvalue weighted by Crippen LogP contribution is 2.22. The van der Waals surface area contributed by atoms with Crippen molar-refractivity contribution in [2.24, 2.45) is 0 Å². The van der Waals surface area contributed by atoms with E-state index in [-0.39, 0.29) is 11.3 Å². The zero-order chi connectivity index (χ0) is 15.4. The van der Waals surface area contributed by atoms with Crippen LogP contribution in [0, 0.1) is 0 Å². The van der Waals surface area contributed by atoms with Crippen LogP contribution < -0.4 is 10.1 Å². The molecule has 0 bridgehead atoms. The van der Waals surface area contributed by atoms with Gasteiger partial charge in [-0.05, 0) is 25.1 Å². The number of anilines is 1. The predicted octanol–water partition coefficient (Wildman–Crippen LogP) is 3.05. The molecule has 0 spiro atoms. The average Bonchev–Trinajstić information content (AvgIpc) is 2.87. The van der Waals surface area contributed by atoms with Gasteiger partial charge in [-0.3, -0.25) is 10.1 Å². The molecule has 0 aliphatic heterocycles. The van der Waals surface area contributed by atoms with E-state index < -0.39 is 18.6 Å². The number of aliphatic hydroxyl groups excluding tert-OH is 1. The van der Waals surface area contributed by atoms with Crippen LogP contribution in [0.3, 0.4) is 0 Å². The van der Waals surface area contributed by atoms with Crippen LogP contribution in [0.4, 0.5) is 13.9 Å². The maximum Gasteiger partial charge on any atom is 0.387 e. The lowest BCUT2D eigenvalue weighted by atomic mass is 10.2. The topological polar surface area (TPSA) is 71.5 Å². The maximum absolute atomic E-state index is 12.1. The van der Waals surface area contributed by atoms with E-state index in [0.717, 1.165) is 11.3 Å². The van der Waals surface area contributed by atoms with Crippen molar-refractivity contribution in [3.8, 4) is 5.75 Å². The molecule has 0 saturated heterocycles. The smallest absolute Gasteiger partial charge is 0.387 e. The van der Waals surface area contributed by atoms with Crippen molar-refractivity contribution >= 4 is 22.4 Å². The van der Waals surface area contributed by atoms with Gasteiger partial charge in [0, 0.05) is 10.9 Å². The van der Waals surface area contributed by atoms with Crippen LogP contribution in [-0.4, -0.2) is 22.6 Å². The normalized spacial score (nSPS) is 12.2. The molecule has 0 fully saturated rings. The highest BCUT2D eigenvalue weighted by molar-refractivity contribution is 7.14. The van der Waals surface area contributed by atoms with Crippen molar-refractivity contribution in [3.63, 3.8) is 0 Å². The predicted molar refractivity (Wildman–Crippen MR) is 73.8 cm³/mol. The zero-order valence-electron chi connectivity index (χ0n) is 10.9. The molecule has 1 aromatic heterocycles. The van der Waals surface area contributed by atoms with Crippen molar-refractivity contribution < 1.29 is 23.4 Å². The first-order valence-corrected chi connectivity index (χ1v) is 6.83. The Hall–Kier alpha value is -2.06. The summed E-state index contributed by atoms with van der Waals surface area (Å²) < 4.78 is 28.5. The van der Waals surface area contributed by atoms with Crippen LogP contribution in [-0.2, 0) is 0 Å². The Balaban J connectivity index is 2.08. The number of hydrogen-bond donors (Lipinski definition) is 2. The molecular weight excluding hydrogens is 302 g/mol. The lowest BCUT2D eigenvalue weighted by Gasteiger charge is -2.06. The largest absolute Gasteiger partial charge is 0.435 e. The van der Waals surface area contributed by atoms with Gasteiger partial charge in [0.1, 0.15) is 5.75 Å². The van der Waals surface area contributed by atoms with E-state index in [2.05, 4.69) is 15.0 Å². The summed E-state index contributed by atoms with van der Waals surface area (Å²) >= 11 is 1.16. The van der Waals surface area contributed by atoms with Crippen molar-refractivity contribution in [1.29, 1.82) is 0 Å². The zero-order valence-corrected chi connectivity index (χ0v) is 11.7. The summed E-state index contributed by atoms with van der Waals surface area (Å²) in [5.74, 6) is -0.595. The molecule has 1 atom stereocenters. The molecule has 1 unspecified atom stereocenters. The molecule has 1 heterocycles. The van der Waals surface area contributed by atoms with E-state index in [1.807, 2.05) is 0 Å². The second-order valence-corrected chi connectivity index (χ2v) is 4.97. The molecule has 0 radical (unpaired) electrons. The quantitative estimate of drug-likeness (QED) is 0.890. The number of aromatic nitrogens is 1. The van der Waals surface area contributed by atoms with E-state index in [9.17, 15) is 18.7 Å². The third-order valence-corrected chi connectivity index (χ3v) is 3.27. The monoisotopic (exact) mass is 314 g/mol. The molecule has 2 rings (SSSR count). The summed E-state index contributed by atoms with van der Waals surface area (Å²) in [6.07, 6.45) is -0.727. The maximum atomic E-state index is 12.1. The van der Waals surface area contributed by atoms with Gasteiger partial charge < -0.3 is 9.84 Å². The lowest BCUT2D eigenvalue weighted by Crippen LogP contribution is -2.12. The summed E-state index contributed by atoms with van der Waals surface area (Å²) in [6.45, 7) is -1.39. The molecule has 2 N–H and O–H groups in total. The second-order valence-electron chi connectivity index (χ2n) is 4.11. The van der Waals surface area contributed by atoms with E-state index in [0.29, 0.717) is 10.8 Å². The van der Waals surface area contributed by atoms with E-state index in [1.165, 1.54) is 24.3 Å². The number of hydrogen-bond acceptors (Lipinski definition) is 5. The average molecular weight is 314 g/mol. The Morgan fingerprint density at radius 2 is 2.24 bits per heavy atom. The Bertz CT molecular complexity index is 631. The standard InChI is InChI=1S/C13H12F2N2O3S/c1-7(18)10-6-21-13(16-10)17-11(19)8-3-2-4-9(5-8)20-12(14)15/h2-7,12,18H,1H3,(H,16,17,19). The van der Waals surface area contributed by atoms with E-state index in [4.69, 9.17) is 0 Å². The molecule has 21 heavy (non-hydrogen) atoms. The van der Waals surface area contributed by atoms with Crippen molar-refractivity contribution in [2.75, 3.05) is 5.32 Å². The minimum absolute atomic E-state index is 0.0959. The number of rotatable bonds is 5. The summed E-state index contributed by atoms with van der Waals surface area (Å²) in [5.41, 5.74) is 0.618. The number of ether oxygens (including phenoxy) is 1. The second kappa shape index (κ2) is 6.59. The minimum atomic E-state index is -2.95. The number of thiazole rings is 1. The number of aliphatic hydroxyl groups is 1. The molecule has 112 valence electrons. The van der Waals surface area contributed by atoms with Gasteiger partial charge in [0.2, 0.25) is 0 Å². The van der Waals surface area contributed by atoms with Gasteiger partial charge >= 0.3 is 6.61 Å². The Morgan fingerprint density at radius 3 is 2.86 bits per heavy atom. The first-order chi connectivity index (χ1) is 9.95. The number of carbonyl (C=O) groups is 1. The number of halogens is 2. The molecule has 0 aliphatic rings. The van der Waals surface area contributed by atoms with Crippen molar-refractivity contribution in [2.45, 2.75) is 19.6 Å². The number of nitrogens with one attached hydrogen (secondary N) is 1. The molecule has 1 aromatic carbocycles. The number of nitrogens with zero attached hydrogens (tertiary/aromatic N) is 1. The molecular formula is C13H12F2N2O3S. The fourth-order valence-electron chi connectivity index (χ4n) is 1.52. The SMILES string of the molecule is CC(O)c1csc(NC(=O)c2cccc(OC(F)F)c2)n1. The fraction of sp³-hybridized carbons (Fsp3) is 0.231. The first kappa shape index (κ1) is 15.3. The molecule has 0 saturated carbocycles. The summed E-state index contributed by atoms with van der Waals surface area (Å²) in [6, 6.07) is 5.45. The lowest BCUT2D eigenvalue weighted by molar-refractivity contribution is -0.0498. The third-order valence-electron chi connectivity index (χ3n) is 2.49. The van der Waals surface area contributed by atoms with E-state index >= 15 is 0 Å². The Labute approximate surface area is 123 Å². The first-order valence-electron chi connectivity index (χ1n) is 5.95. The molecule has 1 amide bonds. The van der Waals surface area contributed by atoms with Gasteiger partial charge in [0.05, 0.1) is 11.8 Å². The fourth-order valence-corrected chi connectivity index (χ4v) is 2.31. The summed E-state index contributed by atoms with van der Waals surface area (Å²) in [5, 5.41) is 13.8. The molecule has 2 aromatic rings. The highest BCUT2D eigenvalue weighted by atomic mass is 32.1.